The van der Waals surface area contributed by atoms with Gasteiger partial charge in [-0.3, -0.25) is 0 Å². The van der Waals surface area contributed by atoms with Crippen molar-refractivity contribution in [3.63, 3.8) is 0 Å². The molecule has 0 rings (SSSR count). The van der Waals surface area contributed by atoms with E-state index < -0.39 is 5.97 Å². The van der Waals surface area contributed by atoms with E-state index in [-0.39, 0.29) is 12.0 Å². The highest BCUT2D eigenvalue weighted by Crippen LogP contribution is 2.00. The van der Waals surface area contributed by atoms with Gasteiger partial charge in [0.1, 0.15) is 0 Å². The average Bonchev–Trinajstić information content (AvgIpc) is 2.39. The Hall–Kier alpha value is -1.64. The zero-order valence-electron chi connectivity index (χ0n) is 10.4. The second-order valence-corrected chi connectivity index (χ2v) is 2.44. The lowest BCUT2D eigenvalue weighted by atomic mass is 10.1. The van der Waals surface area contributed by atoms with Crippen LogP contribution in [0.1, 0.15) is 13.8 Å². The lowest BCUT2D eigenvalue weighted by Crippen LogP contribution is -2.12. The lowest BCUT2D eigenvalue weighted by molar-refractivity contribution is -0.129. The Balaban J connectivity index is 0. The summed E-state index contributed by atoms with van der Waals surface area (Å²) in [6.45, 7) is 11.0. The number of allylic oxidation sites excluding steroid dienone is 3. The van der Waals surface area contributed by atoms with Gasteiger partial charge in [-0.15, -0.1) is 0 Å². The average molecular weight is 229 g/mol. The van der Waals surface area contributed by atoms with Crippen molar-refractivity contribution >= 4 is 21.9 Å². The summed E-state index contributed by atoms with van der Waals surface area (Å²) in [6, 6.07) is 0. The van der Waals surface area contributed by atoms with E-state index in [2.05, 4.69) is 23.1 Å². The van der Waals surface area contributed by atoms with Crippen molar-refractivity contribution < 1.29 is 9.45 Å². The standard InChI is InChI=1S/C10H11B2NO2.C2H6/c1-3-8(10(14)15-12)5-6-9(4-2)13-7-11;1-2/h3-6,13H,1-2,7H2;1-2H3/b8-5+,9-6+;. The second kappa shape index (κ2) is 12.4. The van der Waals surface area contributed by atoms with Gasteiger partial charge in [0.2, 0.25) is 0 Å². The van der Waals surface area contributed by atoms with Crippen molar-refractivity contribution in [1.82, 2.24) is 5.32 Å². The van der Waals surface area contributed by atoms with Gasteiger partial charge < -0.3 is 9.97 Å². The van der Waals surface area contributed by atoms with E-state index in [0.717, 1.165) is 0 Å². The van der Waals surface area contributed by atoms with Crippen molar-refractivity contribution in [3.8, 4) is 0 Å². The highest BCUT2D eigenvalue weighted by atomic mass is 16.5. The molecule has 0 saturated heterocycles. The minimum atomic E-state index is -0.655. The highest BCUT2D eigenvalue weighted by Gasteiger charge is 2.02. The summed E-state index contributed by atoms with van der Waals surface area (Å²) in [6.07, 6.45) is 6.30. The summed E-state index contributed by atoms with van der Waals surface area (Å²) < 4.78 is 4.05. The van der Waals surface area contributed by atoms with Gasteiger partial charge in [0.25, 0.3) is 0 Å². The Kier molecular flexibility index (Phi) is 13.0. The van der Waals surface area contributed by atoms with Crippen molar-refractivity contribution in [1.29, 1.82) is 0 Å². The molecule has 0 saturated carbocycles. The molecule has 1 N–H and O–H groups in total. The molecule has 4 radical (unpaired) electrons. The van der Waals surface area contributed by atoms with Crippen LogP contribution in [0.4, 0.5) is 0 Å². The summed E-state index contributed by atoms with van der Waals surface area (Å²) in [5.74, 6) is -0.655. The number of carbonyl (C=O) groups is 1. The third kappa shape index (κ3) is 8.20. The smallest absolute Gasteiger partial charge is 0.378 e. The number of nitrogens with one attached hydrogen (secondary N) is 1. The van der Waals surface area contributed by atoms with E-state index in [1.54, 1.807) is 12.2 Å². The Morgan fingerprint density at radius 2 is 1.88 bits per heavy atom. The summed E-state index contributed by atoms with van der Waals surface area (Å²) in [5.41, 5.74) is 0.928. The minimum absolute atomic E-state index is 0.246. The predicted octanol–water partition coefficient (Wildman–Crippen LogP) is 1.54. The van der Waals surface area contributed by atoms with Gasteiger partial charge in [0, 0.05) is 5.70 Å². The molecule has 0 amide bonds. The molecule has 5 heteroatoms. The molecule has 17 heavy (non-hydrogen) atoms. The fourth-order valence-electron chi connectivity index (χ4n) is 0.784. The van der Waals surface area contributed by atoms with Crippen molar-refractivity contribution in [2.75, 3.05) is 6.44 Å². The fraction of sp³-hybridized carbons (Fsp3) is 0.250. The van der Waals surface area contributed by atoms with Crippen LogP contribution < -0.4 is 5.32 Å². The van der Waals surface area contributed by atoms with E-state index >= 15 is 0 Å². The molecule has 0 fully saturated rings. The summed E-state index contributed by atoms with van der Waals surface area (Å²) >= 11 is 0. The highest BCUT2D eigenvalue weighted by molar-refractivity contribution is 6.10. The summed E-state index contributed by atoms with van der Waals surface area (Å²) in [5, 5.41) is 2.83. The SMILES string of the molecule is CC.[B]CN/C(C=C)=C/C=C(\C=C)C(=O)O[B]. The van der Waals surface area contributed by atoms with Crippen molar-refractivity contribution in [2.24, 2.45) is 0 Å². The van der Waals surface area contributed by atoms with E-state index in [0.29, 0.717) is 5.70 Å². The Labute approximate surface area is 106 Å². The van der Waals surface area contributed by atoms with Crippen LogP contribution in [0.25, 0.3) is 0 Å². The van der Waals surface area contributed by atoms with E-state index in [9.17, 15) is 4.79 Å². The Morgan fingerprint density at radius 1 is 1.29 bits per heavy atom. The summed E-state index contributed by atoms with van der Waals surface area (Å²) in [7, 11) is 10.0. The van der Waals surface area contributed by atoms with Gasteiger partial charge >= 0.3 is 14.0 Å². The molecule has 0 unspecified atom stereocenters. The maximum absolute atomic E-state index is 11.0. The molecule has 0 aromatic carbocycles. The maximum Gasteiger partial charge on any atom is 0.378 e. The van der Waals surface area contributed by atoms with Crippen LogP contribution in [-0.2, 0) is 9.45 Å². The Morgan fingerprint density at radius 3 is 2.24 bits per heavy atom. The number of hydrogen-bond acceptors (Lipinski definition) is 3. The first-order valence-corrected chi connectivity index (χ1v) is 5.21. The molecule has 0 aliphatic carbocycles. The molecule has 0 bridgehead atoms. The molecule has 0 aliphatic rings. The first-order chi connectivity index (χ1) is 8.19. The third-order valence-corrected chi connectivity index (χ3v) is 1.53. The Bertz CT molecular complexity index is 310. The molecule has 0 aromatic rings. The van der Waals surface area contributed by atoms with E-state index in [1.165, 1.54) is 12.2 Å². The first kappa shape index (κ1) is 17.7. The van der Waals surface area contributed by atoms with Crippen LogP contribution >= 0.6 is 0 Å². The van der Waals surface area contributed by atoms with Crippen LogP contribution in [0.5, 0.6) is 0 Å². The van der Waals surface area contributed by atoms with Crippen LogP contribution in [0.3, 0.4) is 0 Å². The molecular formula is C12H17B2NO2. The van der Waals surface area contributed by atoms with E-state index in [1.807, 2.05) is 13.8 Å². The first-order valence-electron chi connectivity index (χ1n) is 5.21. The lowest BCUT2D eigenvalue weighted by Gasteiger charge is -2.02. The molecule has 0 atom stereocenters. The largest absolute Gasteiger partial charge is 0.540 e. The quantitative estimate of drug-likeness (QED) is 0.426. The van der Waals surface area contributed by atoms with Crippen LogP contribution in [0, 0.1) is 0 Å². The van der Waals surface area contributed by atoms with Crippen LogP contribution in [0.15, 0.2) is 48.7 Å². The maximum atomic E-state index is 11.0. The zero-order valence-corrected chi connectivity index (χ0v) is 10.4. The van der Waals surface area contributed by atoms with Crippen molar-refractivity contribution in [2.45, 2.75) is 13.8 Å². The minimum Gasteiger partial charge on any atom is -0.540 e. The topological polar surface area (TPSA) is 38.3 Å². The molecule has 0 heterocycles. The van der Waals surface area contributed by atoms with Gasteiger partial charge in [-0.25, -0.2) is 4.79 Å². The molecule has 88 valence electrons. The third-order valence-electron chi connectivity index (χ3n) is 1.53. The summed E-state index contributed by atoms with van der Waals surface area (Å²) in [4.78, 5) is 11.0. The fourth-order valence-corrected chi connectivity index (χ4v) is 0.784. The molecule has 3 nitrogen and oxygen atoms in total. The van der Waals surface area contributed by atoms with E-state index in [4.69, 9.17) is 15.9 Å². The van der Waals surface area contributed by atoms with Crippen LogP contribution in [0.2, 0.25) is 0 Å². The second-order valence-electron chi connectivity index (χ2n) is 2.44. The van der Waals surface area contributed by atoms with Gasteiger partial charge in [-0.05, 0) is 24.7 Å². The molecular weight excluding hydrogens is 212 g/mol. The number of carbonyl (C=O) groups excluding carboxylic acids is 1. The predicted molar refractivity (Wildman–Crippen MR) is 73.5 cm³/mol. The molecule has 0 aliphatic heterocycles. The normalized spacial score (nSPS) is 10.7. The monoisotopic (exact) mass is 229 g/mol. The van der Waals surface area contributed by atoms with Gasteiger partial charge in [-0.1, -0.05) is 33.1 Å². The van der Waals surface area contributed by atoms with Crippen molar-refractivity contribution in [3.05, 3.63) is 48.7 Å². The van der Waals surface area contributed by atoms with Crippen LogP contribution in [-0.4, -0.2) is 28.3 Å². The molecule has 0 aromatic heterocycles. The molecule has 0 spiro atoms. The van der Waals surface area contributed by atoms with Gasteiger partial charge in [-0.2, -0.15) is 0 Å². The zero-order chi connectivity index (χ0) is 13.7. The van der Waals surface area contributed by atoms with Gasteiger partial charge in [0.15, 0.2) is 0 Å². The number of hydrogen-bond donors (Lipinski definition) is 1. The number of rotatable bonds is 6. The van der Waals surface area contributed by atoms with Gasteiger partial charge in [0.05, 0.1) is 13.4 Å².